The molecular weight excluding hydrogens is 362 g/mol. The first-order valence-electron chi connectivity index (χ1n) is 7.48. The van der Waals surface area contributed by atoms with E-state index in [1.807, 2.05) is 20.8 Å². The summed E-state index contributed by atoms with van der Waals surface area (Å²) in [6.07, 6.45) is 0. The number of hydrogen-bond donors (Lipinski definition) is 1. The number of nitrogens with zero attached hydrogens (tertiary/aromatic N) is 2. The lowest BCUT2D eigenvalue weighted by Crippen LogP contribution is -2.30. The van der Waals surface area contributed by atoms with Crippen LogP contribution in [0.1, 0.15) is 38.9 Å². The fourth-order valence-electron chi connectivity index (χ4n) is 2.51. The summed E-state index contributed by atoms with van der Waals surface area (Å²) in [5.41, 5.74) is 0.952. The van der Waals surface area contributed by atoms with Crippen molar-refractivity contribution in [2.75, 3.05) is 14.2 Å². The number of nitrogens with two attached hydrogens (primary N) is 1. The SMILES string of the molecule is COc1ccc(S(N)(=O)=O)cc1C(=O)N(C)C(C)c1nc(C)sc1C. The van der Waals surface area contributed by atoms with Crippen LogP contribution in [0.25, 0.3) is 0 Å². The molecule has 1 aromatic heterocycles. The Bertz CT molecular complexity index is 906. The highest BCUT2D eigenvalue weighted by atomic mass is 32.2. The molecule has 0 aliphatic heterocycles. The summed E-state index contributed by atoms with van der Waals surface area (Å²) in [7, 11) is -0.862. The van der Waals surface area contributed by atoms with Crippen LogP contribution in [0.3, 0.4) is 0 Å². The van der Waals surface area contributed by atoms with Gasteiger partial charge in [-0.1, -0.05) is 0 Å². The van der Waals surface area contributed by atoms with Crippen molar-refractivity contribution in [1.29, 1.82) is 0 Å². The Kier molecular flexibility index (Phi) is 5.50. The standard InChI is InChI=1S/C16H21N3O4S2/c1-9(15-10(2)24-11(3)18-15)19(4)16(20)13-8-12(25(17,21)22)6-7-14(13)23-5/h6-9H,1-5H3,(H2,17,21,22). The number of primary sulfonamides is 1. The first kappa shape index (κ1) is 19.4. The van der Waals surface area contributed by atoms with Crippen molar-refractivity contribution in [3.8, 4) is 5.75 Å². The number of carbonyl (C=O) groups is 1. The van der Waals surface area contributed by atoms with E-state index in [9.17, 15) is 13.2 Å². The van der Waals surface area contributed by atoms with Gasteiger partial charge in [0.2, 0.25) is 10.0 Å². The van der Waals surface area contributed by atoms with Gasteiger partial charge in [0.25, 0.3) is 5.91 Å². The third-order valence-electron chi connectivity index (χ3n) is 3.97. The van der Waals surface area contributed by atoms with Crippen LogP contribution in [0.4, 0.5) is 0 Å². The van der Waals surface area contributed by atoms with Gasteiger partial charge in [0, 0.05) is 11.9 Å². The van der Waals surface area contributed by atoms with Crippen molar-refractivity contribution in [3.05, 3.63) is 39.3 Å². The van der Waals surface area contributed by atoms with Gasteiger partial charge in [0.1, 0.15) is 5.75 Å². The molecule has 0 aliphatic carbocycles. The summed E-state index contributed by atoms with van der Waals surface area (Å²) in [6.45, 7) is 5.74. The second-order valence-corrected chi connectivity index (χ2v) is 8.64. The van der Waals surface area contributed by atoms with E-state index in [1.54, 1.807) is 18.4 Å². The van der Waals surface area contributed by atoms with Crippen LogP contribution in [-0.2, 0) is 10.0 Å². The molecule has 1 unspecified atom stereocenters. The molecule has 1 aromatic carbocycles. The fraction of sp³-hybridized carbons (Fsp3) is 0.375. The second-order valence-electron chi connectivity index (χ2n) is 5.67. The summed E-state index contributed by atoms with van der Waals surface area (Å²) in [6, 6.07) is 3.69. The highest BCUT2D eigenvalue weighted by Gasteiger charge is 2.26. The molecule has 1 atom stereocenters. The van der Waals surface area contributed by atoms with Gasteiger partial charge in [-0.2, -0.15) is 0 Å². The van der Waals surface area contributed by atoms with Crippen LogP contribution in [0.5, 0.6) is 5.75 Å². The van der Waals surface area contributed by atoms with Crippen molar-refractivity contribution in [3.63, 3.8) is 0 Å². The Balaban J connectivity index is 2.43. The minimum absolute atomic E-state index is 0.132. The number of sulfonamides is 1. The van der Waals surface area contributed by atoms with Crippen molar-refractivity contribution < 1.29 is 17.9 Å². The molecule has 25 heavy (non-hydrogen) atoms. The van der Waals surface area contributed by atoms with Crippen molar-refractivity contribution in [2.45, 2.75) is 31.7 Å². The van der Waals surface area contributed by atoms with Crippen LogP contribution < -0.4 is 9.88 Å². The lowest BCUT2D eigenvalue weighted by molar-refractivity contribution is 0.0736. The smallest absolute Gasteiger partial charge is 0.257 e. The largest absolute Gasteiger partial charge is 0.496 e. The van der Waals surface area contributed by atoms with E-state index in [-0.39, 0.29) is 28.2 Å². The molecule has 2 aromatic rings. The van der Waals surface area contributed by atoms with E-state index in [2.05, 4.69) is 4.98 Å². The molecule has 2 N–H and O–H groups in total. The van der Waals surface area contributed by atoms with Crippen molar-refractivity contribution in [2.24, 2.45) is 5.14 Å². The number of aromatic nitrogens is 1. The number of aryl methyl sites for hydroxylation is 2. The third kappa shape index (κ3) is 4.00. The first-order valence-corrected chi connectivity index (χ1v) is 9.84. The highest BCUT2D eigenvalue weighted by Crippen LogP contribution is 2.29. The number of ether oxygens (including phenoxy) is 1. The van der Waals surface area contributed by atoms with Crippen LogP contribution >= 0.6 is 11.3 Å². The molecule has 1 amide bonds. The molecule has 2 rings (SSSR count). The molecule has 0 radical (unpaired) electrons. The predicted molar refractivity (Wildman–Crippen MR) is 96.5 cm³/mol. The van der Waals surface area contributed by atoms with E-state index in [0.29, 0.717) is 0 Å². The Labute approximate surface area is 151 Å². The summed E-state index contributed by atoms with van der Waals surface area (Å²) < 4.78 is 28.4. The fourth-order valence-corrected chi connectivity index (χ4v) is 3.96. The molecule has 0 saturated carbocycles. The number of methoxy groups -OCH3 is 1. The van der Waals surface area contributed by atoms with Crippen LogP contribution in [0.2, 0.25) is 0 Å². The number of carbonyl (C=O) groups excluding carboxylic acids is 1. The summed E-state index contributed by atoms with van der Waals surface area (Å²) >= 11 is 1.57. The molecule has 9 heteroatoms. The lowest BCUT2D eigenvalue weighted by Gasteiger charge is -2.25. The molecule has 1 heterocycles. The third-order valence-corrected chi connectivity index (χ3v) is 5.78. The van der Waals surface area contributed by atoms with Crippen molar-refractivity contribution in [1.82, 2.24) is 9.88 Å². The molecule has 0 fully saturated rings. The minimum Gasteiger partial charge on any atom is -0.496 e. The lowest BCUT2D eigenvalue weighted by atomic mass is 10.1. The Morgan fingerprint density at radius 3 is 2.48 bits per heavy atom. The van der Waals surface area contributed by atoms with E-state index in [0.717, 1.165) is 15.6 Å². The van der Waals surface area contributed by atoms with Crippen LogP contribution in [0.15, 0.2) is 23.1 Å². The first-order chi connectivity index (χ1) is 11.6. The molecule has 7 nitrogen and oxygen atoms in total. The number of thiazole rings is 1. The monoisotopic (exact) mass is 383 g/mol. The van der Waals surface area contributed by atoms with Gasteiger partial charge >= 0.3 is 0 Å². The Morgan fingerprint density at radius 1 is 1.36 bits per heavy atom. The molecule has 0 aliphatic rings. The Morgan fingerprint density at radius 2 is 2.00 bits per heavy atom. The summed E-state index contributed by atoms with van der Waals surface area (Å²) in [5.74, 6) is -0.0949. The number of hydrogen-bond acceptors (Lipinski definition) is 6. The quantitative estimate of drug-likeness (QED) is 0.853. The zero-order valence-electron chi connectivity index (χ0n) is 14.7. The van der Waals surface area contributed by atoms with Gasteiger partial charge in [-0.05, 0) is 39.0 Å². The number of amides is 1. The van der Waals surface area contributed by atoms with Gasteiger partial charge in [-0.3, -0.25) is 4.79 Å². The van der Waals surface area contributed by atoms with E-state index in [1.165, 1.54) is 30.2 Å². The molecular formula is C16H21N3O4S2. The summed E-state index contributed by atoms with van der Waals surface area (Å²) in [5, 5.41) is 6.09. The predicted octanol–water partition coefficient (Wildman–Crippen LogP) is 2.25. The number of benzene rings is 1. The van der Waals surface area contributed by atoms with Gasteiger partial charge in [0.05, 0.1) is 34.3 Å². The Hall–Kier alpha value is -1.97. The maximum absolute atomic E-state index is 12.9. The van der Waals surface area contributed by atoms with Gasteiger partial charge in [-0.25, -0.2) is 18.5 Å². The highest BCUT2D eigenvalue weighted by molar-refractivity contribution is 7.89. The van der Waals surface area contributed by atoms with Crippen molar-refractivity contribution >= 4 is 27.3 Å². The maximum atomic E-state index is 12.9. The molecule has 0 bridgehead atoms. The molecule has 136 valence electrons. The number of rotatable bonds is 5. The van der Waals surface area contributed by atoms with Gasteiger partial charge in [-0.15, -0.1) is 11.3 Å². The summed E-state index contributed by atoms with van der Waals surface area (Å²) in [4.78, 5) is 19.8. The normalized spacial score (nSPS) is 12.7. The topological polar surface area (TPSA) is 103 Å². The minimum atomic E-state index is -3.92. The maximum Gasteiger partial charge on any atom is 0.257 e. The zero-order valence-corrected chi connectivity index (χ0v) is 16.4. The van der Waals surface area contributed by atoms with E-state index < -0.39 is 10.0 Å². The zero-order chi connectivity index (χ0) is 18.9. The van der Waals surface area contributed by atoms with Gasteiger partial charge in [0.15, 0.2) is 0 Å². The second kappa shape index (κ2) is 7.11. The van der Waals surface area contributed by atoms with E-state index in [4.69, 9.17) is 9.88 Å². The van der Waals surface area contributed by atoms with Crippen LogP contribution in [-0.4, -0.2) is 38.4 Å². The average molecular weight is 383 g/mol. The molecule has 0 spiro atoms. The van der Waals surface area contributed by atoms with Gasteiger partial charge < -0.3 is 9.64 Å². The van der Waals surface area contributed by atoms with E-state index >= 15 is 0 Å². The average Bonchev–Trinajstić information content (AvgIpc) is 2.89. The van der Waals surface area contributed by atoms with Crippen LogP contribution in [0, 0.1) is 13.8 Å². The molecule has 0 saturated heterocycles.